The summed E-state index contributed by atoms with van der Waals surface area (Å²) in [5.41, 5.74) is 0. The maximum atomic E-state index is 3.07. The van der Waals surface area contributed by atoms with Crippen LogP contribution in [0.25, 0.3) is 0 Å². The van der Waals surface area contributed by atoms with Gasteiger partial charge >= 0.3 is 0 Å². The summed E-state index contributed by atoms with van der Waals surface area (Å²) in [6, 6.07) is 0. The average molecular weight is 1100 g/mol. The summed E-state index contributed by atoms with van der Waals surface area (Å²) < 4.78 is 0. The molecule has 0 aliphatic rings. The molecule has 4 unspecified atom stereocenters. The highest BCUT2D eigenvalue weighted by atomic mass is 15.1. The molecule has 0 aromatic rings. The first-order valence-electron chi connectivity index (χ1n) is 37.0. The van der Waals surface area contributed by atoms with E-state index in [4.69, 9.17) is 0 Å². The molecule has 0 aromatic carbocycles. The Balaban J connectivity index is 6.44. The molecule has 4 atom stereocenters. The number of unbranched alkanes of at least 4 members (excludes halogenated alkanes) is 35. The van der Waals surface area contributed by atoms with Gasteiger partial charge in [-0.25, -0.2) is 0 Å². The third kappa shape index (κ3) is 55.1. The van der Waals surface area contributed by atoms with Crippen LogP contribution in [0.2, 0.25) is 0 Å². The van der Waals surface area contributed by atoms with Gasteiger partial charge < -0.3 is 19.6 Å². The summed E-state index contributed by atoms with van der Waals surface area (Å²) in [7, 11) is 8.91. The predicted octanol–water partition coefficient (Wildman–Crippen LogP) is 23.6. The molecule has 0 bridgehead atoms. The smallest absolute Gasteiger partial charge is 0.000966 e. The summed E-state index contributed by atoms with van der Waals surface area (Å²) in [5, 5.41) is 0. The highest BCUT2D eigenvalue weighted by Gasteiger charge is 2.25. The highest BCUT2D eigenvalue weighted by Crippen LogP contribution is 2.35. The lowest BCUT2D eigenvalue weighted by Gasteiger charge is -2.33. The fourth-order valence-electron chi connectivity index (χ4n) is 13.4. The van der Waals surface area contributed by atoms with Gasteiger partial charge in [0.1, 0.15) is 0 Å². The van der Waals surface area contributed by atoms with E-state index in [0.717, 1.165) is 23.7 Å². The van der Waals surface area contributed by atoms with Crippen molar-refractivity contribution in [2.45, 2.75) is 375 Å². The summed E-state index contributed by atoms with van der Waals surface area (Å²) in [4.78, 5) is 10.8. The zero-order valence-corrected chi connectivity index (χ0v) is 56.5. The van der Waals surface area contributed by atoms with Crippen molar-refractivity contribution in [2.24, 2.45) is 23.7 Å². The topological polar surface area (TPSA) is 13.0 Å². The Labute approximate surface area is 496 Å². The van der Waals surface area contributed by atoms with Crippen molar-refractivity contribution in [1.82, 2.24) is 19.6 Å². The zero-order chi connectivity index (χ0) is 57.0. The molecule has 0 fully saturated rings. The molecule has 0 heterocycles. The molecule has 0 saturated carbocycles. The van der Waals surface area contributed by atoms with Crippen molar-refractivity contribution < 1.29 is 0 Å². The molecular weight excluding hydrogens is 945 g/mol. The number of hydrogen-bond donors (Lipinski definition) is 0. The zero-order valence-electron chi connectivity index (χ0n) is 56.5. The molecule has 4 nitrogen and oxygen atoms in total. The summed E-state index contributed by atoms with van der Waals surface area (Å²) in [6.45, 7) is 25.1. The lowest BCUT2D eigenvalue weighted by atomic mass is 9.77. The van der Waals surface area contributed by atoms with Crippen LogP contribution in [0.4, 0.5) is 0 Å². The van der Waals surface area contributed by atoms with Gasteiger partial charge in [-0.05, 0) is 168 Å². The molecule has 470 valence electrons. The third-order valence-electron chi connectivity index (χ3n) is 18.7. The minimum absolute atomic E-state index is 0.886. The molecule has 0 saturated heterocycles. The second-order valence-electron chi connectivity index (χ2n) is 27.2. The van der Waals surface area contributed by atoms with Gasteiger partial charge in [0.2, 0.25) is 0 Å². The Bertz CT molecular complexity index is 1090. The molecule has 0 aromatic heterocycles. The lowest BCUT2D eigenvalue weighted by Crippen LogP contribution is -2.33. The van der Waals surface area contributed by atoms with Gasteiger partial charge in [-0.2, -0.15) is 0 Å². The first-order chi connectivity index (χ1) is 38.2. The second-order valence-corrected chi connectivity index (χ2v) is 27.2. The molecule has 0 N–H and O–H groups in total. The molecule has 78 heavy (non-hydrogen) atoms. The van der Waals surface area contributed by atoms with Crippen LogP contribution in [0, 0.1) is 23.7 Å². The monoisotopic (exact) mass is 1100 g/mol. The van der Waals surface area contributed by atoms with Crippen molar-refractivity contribution in [3.05, 3.63) is 0 Å². The van der Waals surface area contributed by atoms with Gasteiger partial charge in [0, 0.05) is 13.1 Å². The molecule has 0 radical (unpaired) electrons. The van der Waals surface area contributed by atoms with Crippen LogP contribution in [0.1, 0.15) is 375 Å². The van der Waals surface area contributed by atoms with Gasteiger partial charge in [-0.3, -0.25) is 0 Å². The quantitative estimate of drug-likeness (QED) is 0.0563. The van der Waals surface area contributed by atoms with Gasteiger partial charge in [0.05, 0.1) is 0 Å². The largest absolute Gasteiger partial charge is 0.309 e. The van der Waals surface area contributed by atoms with Crippen LogP contribution in [-0.4, -0.2) is 100 Å². The molecule has 0 rings (SSSR count). The van der Waals surface area contributed by atoms with E-state index in [2.05, 4.69) is 89.3 Å². The lowest BCUT2D eigenvalue weighted by molar-refractivity contribution is 0.172. The number of nitrogens with zero attached hydrogens (tertiary/aromatic N) is 4. The number of rotatable bonds is 67. The van der Waals surface area contributed by atoms with E-state index in [1.54, 1.807) is 0 Å². The summed E-state index contributed by atoms with van der Waals surface area (Å²) in [5.74, 6) is 3.65. The van der Waals surface area contributed by atoms with E-state index in [1.165, 1.54) is 386 Å². The van der Waals surface area contributed by atoms with E-state index in [-0.39, 0.29) is 0 Å². The van der Waals surface area contributed by atoms with E-state index in [9.17, 15) is 0 Å². The van der Waals surface area contributed by atoms with Crippen LogP contribution in [-0.2, 0) is 0 Å². The molecule has 0 spiro atoms. The second kappa shape index (κ2) is 62.9. The maximum Gasteiger partial charge on any atom is 0.000966 e. The van der Waals surface area contributed by atoms with Gasteiger partial charge in [0.25, 0.3) is 0 Å². The molecule has 4 heteroatoms. The number of hydrogen-bond acceptors (Lipinski definition) is 4. The van der Waals surface area contributed by atoms with Gasteiger partial charge in [-0.1, -0.05) is 298 Å². The van der Waals surface area contributed by atoms with Crippen LogP contribution in [0.5, 0.6) is 0 Å². The predicted molar refractivity (Wildman–Crippen MR) is 358 cm³/mol. The summed E-state index contributed by atoms with van der Waals surface area (Å²) >= 11 is 0. The van der Waals surface area contributed by atoms with Crippen molar-refractivity contribution in [3.8, 4) is 0 Å². The van der Waals surface area contributed by atoms with Crippen molar-refractivity contribution in [3.63, 3.8) is 0 Å². The molecular formula is C74H154N4. The van der Waals surface area contributed by atoms with Gasteiger partial charge in [0.15, 0.2) is 0 Å². The fraction of sp³-hybridized carbons (Fsp3) is 1.00. The van der Waals surface area contributed by atoms with Crippen LogP contribution >= 0.6 is 0 Å². The maximum absolute atomic E-state index is 3.07. The van der Waals surface area contributed by atoms with E-state index in [0.29, 0.717) is 0 Å². The minimum Gasteiger partial charge on any atom is -0.309 e. The van der Waals surface area contributed by atoms with E-state index >= 15 is 0 Å². The Morgan fingerprint density at radius 2 is 0.410 bits per heavy atom. The highest BCUT2D eigenvalue weighted by molar-refractivity contribution is 4.77. The minimum atomic E-state index is 0.886. The molecule has 0 aliphatic carbocycles. The molecule has 0 amide bonds. The Hall–Kier alpha value is -0.160. The SMILES string of the molecule is CCCCCCCCC(CCCCCC)CN(CCCCCCCCCN(C)C)CCCC(CCCCCCCC)C(CCCCC)CCC(CCCCCC)CN(CCCCCCCC)CCCCCCCCCN(C)C. The Kier molecular flexibility index (Phi) is 62.7. The van der Waals surface area contributed by atoms with E-state index < -0.39 is 0 Å². The van der Waals surface area contributed by atoms with Crippen LogP contribution in [0.15, 0.2) is 0 Å². The van der Waals surface area contributed by atoms with Crippen LogP contribution < -0.4 is 0 Å². The molecule has 0 aliphatic heterocycles. The first-order valence-corrected chi connectivity index (χ1v) is 37.0. The van der Waals surface area contributed by atoms with Crippen molar-refractivity contribution in [2.75, 3.05) is 80.5 Å². The Morgan fingerprint density at radius 1 is 0.192 bits per heavy atom. The average Bonchev–Trinajstić information content (AvgIpc) is 3.42. The summed E-state index contributed by atoms with van der Waals surface area (Å²) in [6.07, 6.45) is 74.9. The third-order valence-corrected chi connectivity index (χ3v) is 18.7. The Morgan fingerprint density at radius 3 is 0.756 bits per heavy atom. The van der Waals surface area contributed by atoms with Crippen molar-refractivity contribution >= 4 is 0 Å². The van der Waals surface area contributed by atoms with Crippen molar-refractivity contribution in [1.29, 1.82) is 0 Å². The van der Waals surface area contributed by atoms with E-state index in [1.807, 2.05) is 0 Å². The normalized spacial score (nSPS) is 13.8. The van der Waals surface area contributed by atoms with Crippen LogP contribution in [0.3, 0.4) is 0 Å². The van der Waals surface area contributed by atoms with Gasteiger partial charge in [-0.15, -0.1) is 0 Å². The fourth-order valence-corrected chi connectivity index (χ4v) is 13.4. The standard InChI is InChI=1S/C74H154N4/c1-11-17-23-28-37-47-56-71(55-45-26-20-14-4)69-78(67-53-43-36-32-34-40-50-64-76(9)10)68-54-60-73(59-48-38-29-24-18-12-2)74(58-44-22-16-6)62-61-72(57-46-27-21-15-5)70-77(65-51-41-30-25-19-13-3)66-52-42-35-31-33-39-49-63-75(7)8/h71-74H,11-70H2,1-10H3. The first kappa shape index (κ1) is 77.8.